The molecule has 2 amide bonds. The van der Waals surface area contributed by atoms with Crippen LogP contribution in [0.1, 0.15) is 18.1 Å². The molecule has 0 bridgehead atoms. The molecule has 6 nitrogen and oxygen atoms in total. The fourth-order valence-electron chi connectivity index (χ4n) is 3.83. The fraction of sp³-hybridized carbons (Fsp3) is 0.417. The molecule has 0 radical (unpaired) electrons. The first-order valence-electron chi connectivity index (χ1n) is 10.9. The predicted molar refractivity (Wildman–Crippen MR) is 120 cm³/mol. The van der Waals surface area contributed by atoms with Crippen LogP contribution in [0.3, 0.4) is 0 Å². The number of amides is 2. The van der Waals surface area contributed by atoms with Gasteiger partial charge in [0, 0.05) is 50.0 Å². The third-order valence-electron chi connectivity index (χ3n) is 5.63. The lowest BCUT2D eigenvalue weighted by molar-refractivity contribution is -0.134. The summed E-state index contributed by atoms with van der Waals surface area (Å²) in [6.45, 7) is 5.00. The Kier molecular flexibility index (Phi) is 8.30. The molecule has 1 fully saturated rings. The number of likely N-dealkylation sites (N-methyl/N-ethyl adjacent to an activating group) is 1. The third-order valence-corrected chi connectivity index (χ3v) is 5.63. The first-order valence-corrected chi connectivity index (χ1v) is 10.9. The summed E-state index contributed by atoms with van der Waals surface area (Å²) in [6, 6.07) is 11.2. The Hall–Kier alpha value is -2.84. The van der Waals surface area contributed by atoms with Crippen molar-refractivity contribution in [3.8, 4) is 0 Å². The van der Waals surface area contributed by atoms with Gasteiger partial charge in [0.1, 0.15) is 11.6 Å². The Bertz CT molecular complexity index is 945. The molecule has 1 N–H and O–H groups in total. The summed E-state index contributed by atoms with van der Waals surface area (Å²) in [5, 5.41) is 2.98. The van der Waals surface area contributed by atoms with Crippen LogP contribution in [0.2, 0.25) is 0 Å². The number of carbonyl (C=O) groups is 2. The molecule has 1 saturated heterocycles. The average molecular weight is 445 g/mol. The molecular weight excluding hydrogens is 414 g/mol. The molecule has 0 atom stereocenters. The number of nitrogens with zero attached hydrogens (tertiary/aromatic N) is 3. The van der Waals surface area contributed by atoms with Crippen molar-refractivity contribution >= 4 is 17.5 Å². The van der Waals surface area contributed by atoms with Gasteiger partial charge in [-0.2, -0.15) is 0 Å². The van der Waals surface area contributed by atoms with Gasteiger partial charge in [-0.1, -0.05) is 31.2 Å². The van der Waals surface area contributed by atoms with E-state index >= 15 is 0 Å². The monoisotopic (exact) mass is 444 g/mol. The predicted octanol–water partition coefficient (Wildman–Crippen LogP) is 2.74. The number of hydrogen-bond donors (Lipinski definition) is 1. The standard InChI is InChI=1S/C24H30F2N4O2/c1-3-18-6-4-5-7-22(18)27-23(31)16-29-10-12-30(13-11-29)24(32)17-28(2)15-19-8-9-20(25)14-21(19)26/h4-9,14H,3,10-13,15-17H2,1-2H3,(H,27,31). The normalized spacial score (nSPS) is 14.6. The number of rotatable bonds is 8. The van der Waals surface area contributed by atoms with Crippen molar-refractivity contribution in [3.63, 3.8) is 0 Å². The zero-order valence-electron chi connectivity index (χ0n) is 18.6. The van der Waals surface area contributed by atoms with Gasteiger partial charge in [-0.25, -0.2) is 8.78 Å². The lowest BCUT2D eigenvalue weighted by atomic mass is 10.1. The molecule has 0 saturated carbocycles. The van der Waals surface area contributed by atoms with Crippen LogP contribution < -0.4 is 5.32 Å². The van der Waals surface area contributed by atoms with Gasteiger partial charge < -0.3 is 10.2 Å². The van der Waals surface area contributed by atoms with E-state index in [2.05, 4.69) is 12.2 Å². The van der Waals surface area contributed by atoms with E-state index in [0.29, 0.717) is 31.7 Å². The highest BCUT2D eigenvalue weighted by Crippen LogP contribution is 2.16. The summed E-state index contributed by atoms with van der Waals surface area (Å²) in [7, 11) is 1.73. The van der Waals surface area contributed by atoms with Crippen molar-refractivity contribution in [1.82, 2.24) is 14.7 Å². The van der Waals surface area contributed by atoms with Gasteiger partial charge in [0.25, 0.3) is 0 Å². The zero-order chi connectivity index (χ0) is 23.1. The van der Waals surface area contributed by atoms with Crippen LogP contribution in [0.15, 0.2) is 42.5 Å². The maximum Gasteiger partial charge on any atom is 0.238 e. The Morgan fingerprint density at radius 1 is 1.03 bits per heavy atom. The summed E-state index contributed by atoms with van der Waals surface area (Å²) in [5.74, 6) is -1.34. The second kappa shape index (κ2) is 11.2. The topological polar surface area (TPSA) is 55.9 Å². The van der Waals surface area contributed by atoms with Crippen molar-refractivity contribution in [2.24, 2.45) is 0 Å². The number of halogens is 2. The number of aryl methyl sites for hydroxylation is 1. The van der Waals surface area contributed by atoms with Crippen LogP contribution in [0, 0.1) is 11.6 Å². The van der Waals surface area contributed by atoms with Crippen molar-refractivity contribution < 1.29 is 18.4 Å². The largest absolute Gasteiger partial charge is 0.339 e. The number of hydrogen-bond acceptors (Lipinski definition) is 4. The molecule has 1 aliphatic heterocycles. The van der Waals surface area contributed by atoms with E-state index in [0.717, 1.165) is 23.7 Å². The number of anilines is 1. The highest BCUT2D eigenvalue weighted by atomic mass is 19.1. The molecule has 0 aliphatic carbocycles. The quantitative estimate of drug-likeness (QED) is 0.680. The first kappa shape index (κ1) is 23.8. The van der Waals surface area contributed by atoms with E-state index in [1.165, 1.54) is 12.1 Å². The Morgan fingerprint density at radius 2 is 1.75 bits per heavy atom. The SMILES string of the molecule is CCc1ccccc1NC(=O)CN1CCN(C(=O)CN(C)Cc2ccc(F)cc2F)CC1. The van der Waals surface area contributed by atoms with Crippen molar-refractivity contribution in [3.05, 3.63) is 65.2 Å². The van der Waals surface area contributed by atoms with Crippen molar-refractivity contribution in [2.45, 2.75) is 19.9 Å². The molecule has 1 aliphatic rings. The summed E-state index contributed by atoms with van der Waals surface area (Å²) in [6.07, 6.45) is 0.847. The molecule has 0 unspecified atom stereocenters. The van der Waals surface area contributed by atoms with E-state index in [1.807, 2.05) is 29.2 Å². The maximum absolute atomic E-state index is 13.8. The van der Waals surface area contributed by atoms with E-state index in [1.54, 1.807) is 16.8 Å². The summed E-state index contributed by atoms with van der Waals surface area (Å²) >= 11 is 0. The number of carbonyl (C=O) groups excluding carboxylic acids is 2. The van der Waals surface area contributed by atoms with Gasteiger partial charge in [-0.3, -0.25) is 19.4 Å². The molecule has 2 aromatic carbocycles. The highest BCUT2D eigenvalue weighted by molar-refractivity contribution is 5.93. The summed E-state index contributed by atoms with van der Waals surface area (Å²) in [5.41, 5.74) is 2.29. The minimum absolute atomic E-state index is 0.0454. The summed E-state index contributed by atoms with van der Waals surface area (Å²) in [4.78, 5) is 30.6. The van der Waals surface area contributed by atoms with E-state index in [-0.39, 0.29) is 31.4 Å². The number of nitrogens with one attached hydrogen (secondary N) is 1. The second-order valence-electron chi connectivity index (χ2n) is 8.12. The fourth-order valence-corrected chi connectivity index (χ4v) is 3.83. The second-order valence-corrected chi connectivity index (χ2v) is 8.12. The van der Waals surface area contributed by atoms with Crippen LogP contribution in [0.5, 0.6) is 0 Å². The zero-order valence-corrected chi connectivity index (χ0v) is 18.6. The number of para-hydroxylation sites is 1. The highest BCUT2D eigenvalue weighted by Gasteiger charge is 2.23. The van der Waals surface area contributed by atoms with Gasteiger partial charge in [0.05, 0.1) is 13.1 Å². The molecule has 1 heterocycles. The number of benzene rings is 2. The van der Waals surface area contributed by atoms with Gasteiger partial charge in [0.15, 0.2) is 0 Å². The molecule has 0 aromatic heterocycles. The molecule has 3 rings (SSSR count). The smallest absolute Gasteiger partial charge is 0.238 e. The van der Waals surface area contributed by atoms with Crippen LogP contribution >= 0.6 is 0 Å². The Labute approximate surface area is 187 Å². The van der Waals surface area contributed by atoms with E-state index in [4.69, 9.17) is 0 Å². The Morgan fingerprint density at radius 3 is 2.44 bits per heavy atom. The Balaban J connectivity index is 1.42. The van der Waals surface area contributed by atoms with Crippen molar-refractivity contribution in [1.29, 1.82) is 0 Å². The molecule has 0 spiro atoms. The third kappa shape index (κ3) is 6.58. The minimum atomic E-state index is -0.619. The minimum Gasteiger partial charge on any atom is -0.339 e. The van der Waals surface area contributed by atoms with Crippen LogP contribution in [-0.4, -0.2) is 72.8 Å². The maximum atomic E-state index is 13.8. The molecule has 32 heavy (non-hydrogen) atoms. The summed E-state index contributed by atoms with van der Waals surface area (Å²) < 4.78 is 26.9. The van der Waals surface area contributed by atoms with Gasteiger partial charge >= 0.3 is 0 Å². The van der Waals surface area contributed by atoms with Crippen LogP contribution in [0.25, 0.3) is 0 Å². The lowest BCUT2D eigenvalue weighted by Gasteiger charge is -2.35. The van der Waals surface area contributed by atoms with Gasteiger partial charge in [-0.05, 0) is 31.2 Å². The molecule has 2 aromatic rings. The van der Waals surface area contributed by atoms with Gasteiger partial charge in [-0.15, -0.1) is 0 Å². The van der Waals surface area contributed by atoms with Crippen molar-refractivity contribution in [2.75, 3.05) is 51.6 Å². The number of piperazine rings is 1. The molecular formula is C24H30F2N4O2. The first-order chi connectivity index (χ1) is 15.4. The van der Waals surface area contributed by atoms with E-state index < -0.39 is 11.6 Å². The van der Waals surface area contributed by atoms with Crippen LogP contribution in [0.4, 0.5) is 14.5 Å². The van der Waals surface area contributed by atoms with E-state index in [9.17, 15) is 18.4 Å². The van der Waals surface area contributed by atoms with Crippen LogP contribution in [-0.2, 0) is 22.6 Å². The lowest BCUT2D eigenvalue weighted by Crippen LogP contribution is -2.52. The molecule has 8 heteroatoms. The average Bonchev–Trinajstić information content (AvgIpc) is 2.76. The molecule has 172 valence electrons. The van der Waals surface area contributed by atoms with Gasteiger partial charge in [0.2, 0.25) is 11.8 Å².